The van der Waals surface area contributed by atoms with E-state index in [1.54, 1.807) is 31.3 Å². The number of sulfonamides is 1. The first-order valence-electron chi connectivity index (χ1n) is 15.3. The van der Waals surface area contributed by atoms with Gasteiger partial charge in [0.2, 0.25) is 10.0 Å². The first-order chi connectivity index (χ1) is 22.0. The third-order valence-corrected chi connectivity index (χ3v) is 10.6. The van der Waals surface area contributed by atoms with Crippen LogP contribution in [0.5, 0.6) is 0 Å². The van der Waals surface area contributed by atoms with E-state index in [1.165, 1.54) is 17.4 Å². The van der Waals surface area contributed by atoms with Crippen LogP contribution in [0.2, 0.25) is 0 Å². The summed E-state index contributed by atoms with van der Waals surface area (Å²) in [6.45, 7) is 1.07. The van der Waals surface area contributed by atoms with Crippen molar-refractivity contribution in [2.24, 2.45) is 4.99 Å². The van der Waals surface area contributed by atoms with E-state index in [9.17, 15) is 17.6 Å². The summed E-state index contributed by atoms with van der Waals surface area (Å²) < 4.78 is 61.9. The summed E-state index contributed by atoms with van der Waals surface area (Å²) in [6.07, 6.45) is 2.44. The molecule has 1 saturated heterocycles. The number of halogens is 2. The van der Waals surface area contributed by atoms with E-state index in [2.05, 4.69) is 5.32 Å². The average molecular weight is 647 g/mol. The summed E-state index contributed by atoms with van der Waals surface area (Å²) in [6, 6.07) is 11.6. The molecule has 3 aliphatic heterocycles. The summed E-state index contributed by atoms with van der Waals surface area (Å²) in [7, 11) is -0.661. The molecule has 2 aromatic heterocycles. The number of carbonyl (C=O) groups excluding carboxylic acids is 1. The lowest BCUT2D eigenvalue weighted by atomic mass is 9.99. The Morgan fingerprint density at radius 3 is 2.65 bits per heavy atom. The highest BCUT2D eigenvalue weighted by molar-refractivity contribution is 7.92. The van der Waals surface area contributed by atoms with Gasteiger partial charge in [0.05, 0.1) is 47.2 Å². The highest BCUT2D eigenvalue weighted by Crippen LogP contribution is 2.49. The van der Waals surface area contributed by atoms with Gasteiger partial charge in [-0.2, -0.15) is 0 Å². The van der Waals surface area contributed by atoms with Gasteiger partial charge in [-0.25, -0.2) is 27.2 Å². The Kier molecular flexibility index (Phi) is 6.53. The molecule has 1 unspecified atom stereocenters. The number of benzene rings is 2. The van der Waals surface area contributed by atoms with Crippen molar-refractivity contribution in [3.8, 4) is 11.3 Å². The zero-order valence-corrected chi connectivity index (χ0v) is 26.4. The fourth-order valence-electron chi connectivity index (χ4n) is 6.85. The number of furan rings is 1. The Bertz CT molecular complexity index is 2090. The van der Waals surface area contributed by atoms with Crippen molar-refractivity contribution in [3.63, 3.8) is 0 Å². The molecule has 8 rings (SSSR count). The van der Waals surface area contributed by atoms with Gasteiger partial charge in [0, 0.05) is 67.8 Å². The summed E-state index contributed by atoms with van der Waals surface area (Å²) in [4.78, 5) is 27.1. The maximum Gasteiger partial charge on any atom is 0.255 e. The number of anilines is 2. The number of nitrogens with one attached hydrogen (secondary N) is 1. The Labute approximate surface area is 264 Å². The Morgan fingerprint density at radius 2 is 1.96 bits per heavy atom. The van der Waals surface area contributed by atoms with Gasteiger partial charge in [0.1, 0.15) is 29.2 Å². The number of likely N-dealkylation sites (tertiary alicyclic amines) is 1. The van der Waals surface area contributed by atoms with Crippen LogP contribution in [0.1, 0.15) is 52.2 Å². The molecule has 4 aromatic rings. The molecular weight excluding hydrogens is 614 g/mol. The quantitative estimate of drug-likeness (QED) is 0.299. The SMILES string of the molecule is CNC(=O)c1c(C2CC2)oc2cc(N(C)S(C)(=O)=O)c(-c3ccc4c(n3)C3Cc5c(F)cccc5N3C(CN3CC(F)C3)=N4)cc12. The van der Waals surface area contributed by atoms with Gasteiger partial charge in [-0.05, 0) is 43.2 Å². The number of aromatic nitrogens is 1. The lowest BCUT2D eigenvalue weighted by Gasteiger charge is -2.39. The van der Waals surface area contributed by atoms with Crippen LogP contribution in [0.25, 0.3) is 22.2 Å². The minimum absolute atomic E-state index is 0.135. The molecule has 0 radical (unpaired) electrons. The number of amides is 1. The largest absolute Gasteiger partial charge is 0.460 e. The normalized spacial score (nSPS) is 19.4. The molecule has 2 fully saturated rings. The van der Waals surface area contributed by atoms with Gasteiger partial charge in [0.15, 0.2) is 0 Å². The van der Waals surface area contributed by atoms with Crippen LogP contribution in [0.4, 0.5) is 25.8 Å². The smallest absolute Gasteiger partial charge is 0.255 e. The minimum atomic E-state index is -3.69. The van der Waals surface area contributed by atoms with Crippen LogP contribution in [0.3, 0.4) is 0 Å². The molecule has 2 aromatic carbocycles. The zero-order valence-electron chi connectivity index (χ0n) is 25.5. The predicted molar refractivity (Wildman–Crippen MR) is 172 cm³/mol. The topological polar surface area (TPSA) is 111 Å². The first kappa shape index (κ1) is 29.1. The first-order valence-corrected chi connectivity index (χ1v) is 17.1. The molecule has 5 heterocycles. The van der Waals surface area contributed by atoms with E-state index in [1.807, 2.05) is 21.9 Å². The molecule has 1 atom stereocenters. The molecular formula is C33H32F2N6O4S. The van der Waals surface area contributed by atoms with Crippen molar-refractivity contribution in [1.29, 1.82) is 0 Å². The lowest BCUT2D eigenvalue weighted by molar-refractivity contribution is 0.0805. The highest BCUT2D eigenvalue weighted by atomic mass is 32.2. The van der Waals surface area contributed by atoms with Gasteiger partial charge >= 0.3 is 0 Å². The van der Waals surface area contributed by atoms with Gasteiger partial charge in [-0.1, -0.05) is 6.07 Å². The molecule has 10 nitrogen and oxygen atoms in total. The van der Waals surface area contributed by atoms with Crippen molar-refractivity contribution in [2.75, 3.05) is 49.2 Å². The summed E-state index contributed by atoms with van der Waals surface area (Å²) in [5.74, 6) is 0.840. The number of amidine groups is 1. The number of fused-ring (bicyclic) bond motifs is 6. The lowest BCUT2D eigenvalue weighted by Crippen LogP contribution is -2.53. The standard InChI is InChI=1S/C33H32F2N6O4S/c1-36-33(42)30-21-11-20(26(39(2)46(3,43)44)13-28(21)45-32(30)17-7-8-17)23-9-10-24-31(38-23)27-12-19-22(35)5-4-6-25(19)41(27)29(37-24)16-40-14-18(34)15-40/h4-6,9-11,13,17-18,27H,7-8,12,14-16H2,1-3H3,(H,36,42). The molecule has 1 saturated carbocycles. The average Bonchev–Trinajstić information content (AvgIpc) is 3.68. The van der Waals surface area contributed by atoms with Gasteiger partial charge in [-0.15, -0.1) is 0 Å². The number of nitrogens with zero attached hydrogens (tertiary/aromatic N) is 5. The summed E-state index contributed by atoms with van der Waals surface area (Å²) in [5, 5.41) is 3.28. The predicted octanol–water partition coefficient (Wildman–Crippen LogP) is 5.07. The van der Waals surface area contributed by atoms with Crippen LogP contribution >= 0.6 is 0 Å². The number of hydrogen-bond acceptors (Lipinski definition) is 8. The Hall–Kier alpha value is -4.36. The summed E-state index contributed by atoms with van der Waals surface area (Å²) >= 11 is 0. The molecule has 238 valence electrons. The number of carbonyl (C=O) groups is 1. The van der Waals surface area contributed by atoms with Crippen molar-refractivity contribution in [1.82, 2.24) is 15.2 Å². The molecule has 1 aliphatic carbocycles. The number of alkyl halides is 1. The molecule has 1 N–H and O–H groups in total. The van der Waals surface area contributed by atoms with Crippen LogP contribution in [0, 0.1) is 5.82 Å². The number of pyridine rings is 1. The number of hydrogen-bond donors (Lipinski definition) is 1. The third kappa shape index (κ3) is 4.58. The molecule has 0 bridgehead atoms. The molecule has 46 heavy (non-hydrogen) atoms. The number of rotatable bonds is 7. The molecule has 1 amide bonds. The van der Waals surface area contributed by atoms with Crippen LogP contribution in [0.15, 0.2) is 51.9 Å². The van der Waals surface area contributed by atoms with E-state index < -0.39 is 16.2 Å². The second kappa shape index (κ2) is 10.3. The van der Waals surface area contributed by atoms with Crippen molar-refractivity contribution in [2.45, 2.75) is 37.4 Å². The van der Waals surface area contributed by atoms with Gasteiger partial charge in [-0.3, -0.25) is 14.0 Å². The van der Waals surface area contributed by atoms with E-state index >= 15 is 4.39 Å². The van der Waals surface area contributed by atoms with Crippen molar-refractivity contribution < 1.29 is 26.4 Å². The monoisotopic (exact) mass is 646 g/mol. The molecule has 13 heteroatoms. The van der Waals surface area contributed by atoms with Crippen LogP contribution < -0.4 is 14.5 Å². The maximum absolute atomic E-state index is 15.1. The van der Waals surface area contributed by atoms with Gasteiger partial charge in [0.25, 0.3) is 5.91 Å². The van der Waals surface area contributed by atoms with Crippen LogP contribution in [-0.4, -0.2) is 76.2 Å². The van der Waals surface area contributed by atoms with Crippen molar-refractivity contribution >= 4 is 49.8 Å². The molecule has 4 aliphatic rings. The second-order valence-electron chi connectivity index (χ2n) is 12.5. The Balaban J connectivity index is 1.31. The maximum atomic E-state index is 15.1. The van der Waals surface area contributed by atoms with Crippen LogP contribution in [-0.2, 0) is 16.4 Å². The molecule has 0 spiro atoms. The van der Waals surface area contributed by atoms with E-state index in [0.717, 1.165) is 19.1 Å². The third-order valence-electron chi connectivity index (χ3n) is 9.43. The highest BCUT2D eigenvalue weighted by Gasteiger charge is 2.42. The van der Waals surface area contributed by atoms with Gasteiger partial charge < -0.3 is 14.6 Å². The Morgan fingerprint density at radius 1 is 1.17 bits per heavy atom. The van der Waals surface area contributed by atoms with E-state index in [-0.39, 0.29) is 23.7 Å². The fraction of sp³-hybridized carbons (Fsp3) is 0.364. The fourth-order valence-corrected chi connectivity index (χ4v) is 7.36. The van der Waals surface area contributed by atoms with E-state index in [0.29, 0.717) is 93.8 Å². The minimum Gasteiger partial charge on any atom is -0.460 e. The van der Waals surface area contributed by atoms with E-state index in [4.69, 9.17) is 14.4 Å². The van der Waals surface area contributed by atoms with Crippen molar-refractivity contribution in [3.05, 3.63) is 70.9 Å². The summed E-state index contributed by atoms with van der Waals surface area (Å²) in [5.41, 5.74) is 4.68. The second-order valence-corrected chi connectivity index (χ2v) is 14.6. The number of aliphatic imine (C=N–C) groups is 1. The zero-order chi connectivity index (χ0) is 32.1.